The number of nitrogens with one attached hydrogen (secondary N) is 1. The molecule has 5 nitrogen and oxygen atoms in total. The molecule has 0 spiro atoms. The Labute approximate surface area is 137 Å². The van der Waals surface area contributed by atoms with E-state index < -0.39 is 35.0 Å². The Kier molecular flexibility index (Phi) is 6.00. The zero-order chi connectivity index (χ0) is 18.5. The Morgan fingerprint density at radius 3 is 2.38 bits per heavy atom. The third kappa shape index (κ3) is 6.31. The van der Waals surface area contributed by atoms with Crippen LogP contribution in [0.1, 0.15) is 42.3 Å². The van der Waals surface area contributed by atoms with E-state index in [1.807, 2.05) is 0 Å². The molecule has 0 aromatic heterocycles. The molecular formula is C16H18F3NO4. The lowest BCUT2D eigenvalue weighted by atomic mass is 10.0. The first-order valence-electron chi connectivity index (χ1n) is 6.98. The molecule has 0 radical (unpaired) electrons. The fourth-order valence-electron chi connectivity index (χ4n) is 1.74. The van der Waals surface area contributed by atoms with E-state index in [9.17, 15) is 22.8 Å². The molecule has 24 heavy (non-hydrogen) atoms. The third-order valence-corrected chi connectivity index (χ3v) is 2.65. The zero-order valence-corrected chi connectivity index (χ0v) is 13.4. The fourth-order valence-corrected chi connectivity index (χ4v) is 1.74. The molecule has 0 saturated heterocycles. The van der Waals surface area contributed by atoms with Crippen LogP contribution in [0.25, 0.3) is 6.08 Å². The Morgan fingerprint density at radius 1 is 1.25 bits per heavy atom. The summed E-state index contributed by atoms with van der Waals surface area (Å²) < 4.78 is 43.6. The van der Waals surface area contributed by atoms with Crippen molar-refractivity contribution in [3.05, 3.63) is 41.0 Å². The van der Waals surface area contributed by atoms with Crippen LogP contribution in [0.4, 0.5) is 18.0 Å². The second kappa shape index (κ2) is 7.37. The number of alkyl halides is 3. The monoisotopic (exact) mass is 345 g/mol. The van der Waals surface area contributed by atoms with Gasteiger partial charge >= 0.3 is 18.2 Å². The average molecular weight is 345 g/mol. The number of ether oxygens (including phenoxy) is 1. The highest BCUT2D eigenvalue weighted by Gasteiger charge is 2.35. The van der Waals surface area contributed by atoms with E-state index in [0.29, 0.717) is 0 Å². The summed E-state index contributed by atoms with van der Waals surface area (Å²) >= 11 is 0. The molecule has 8 heteroatoms. The molecule has 0 heterocycles. The maximum atomic E-state index is 12.9. The second-order valence-corrected chi connectivity index (χ2v) is 5.89. The van der Waals surface area contributed by atoms with Gasteiger partial charge in [0, 0.05) is 6.54 Å². The van der Waals surface area contributed by atoms with Crippen LogP contribution in [0.2, 0.25) is 0 Å². The largest absolute Gasteiger partial charge is 0.478 e. The van der Waals surface area contributed by atoms with Crippen LogP contribution >= 0.6 is 0 Å². The van der Waals surface area contributed by atoms with Crippen molar-refractivity contribution in [3.63, 3.8) is 0 Å². The maximum absolute atomic E-state index is 12.9. The number of carbonyl (C=O) groups is 2. The van der Waals surface area contributed by atoms with Crippen LogP contribution in [0, 0.1) is 0 Å². The standard InChI is InChI=1S/C16H18F3NO4/c1-15(2,3)24-14(23)20-8-4-5-10-6-7-11(13(21)22)12(9-10)16(17,18)19/h4-7,9H,8H2,1-3H3,(H,20,23)(H,21,22). The van der Waals surface area contributed by atoms with E-state index in [2.05, 4.69) is 5.32 Å². The van der Waals surface area contributed by atoms with Gasteiger partial charge in [-0.1, -0.05) is 18.2 Å². The number of halogens is 3. The lowest BCUT2D eigenvalue weighted by Gasteiger charge is -2.19. The highest BCUT2D eigenvalue weighted by molar-refractivity contribution is 5.90. The minimum absolute atomic E-state index is 0.0525. The van der Waals surface area contributed by atoms with Gasteiger partial charge in [0.15, 0.2) is 0 Å². The van der Waals surface area contributed by atoms with Crippen molar-refractivity contribution in [2.45, 2.75) is 32.5 Å². The fraction of sp³-hybridized carbons (Fsp3) is 0.375. The number of carbonyl (C=O) groups excluding carboxylic acids is 1. The molecule has 0 unspecified atom stereocenters. The van der Waals surface area contributed by atoms with Crippen LogP contribution in [-0.4, -0.2) is 29.3 Å². The van der Waals surface area contributed by atoms with Crippen LogP contribution in [-0.2, 0) is 10.9 Å². The van der Waals surface area contributed by atoms with Gasteiger partial charge in [0.2, 0.25) is 0 Å². The maximum Gasteiger partial charge on any atom is 0.417 e. The minimum atomic E-state index is -4.77. The van der Waals surface area contributed by atoms with E-state index in [4.69, 9.17) is 9.84 Å². The van der Waals surface area contributed by atoms with E-state index in [0.717, 1.165) is 12.1 Å². The Balaban J connectivity index is 2.79. The van der Waals surface area contributed by atoms with Gasteiger partial charge in [-0.3, -0.25) is 0 Å². The smallest absolute Gasteiger partial charge is 0.417 e. The van der Waals surface area contributed by atoms with E-state index in [1.54, 1.807) is 20.8 Å². The van der Waals surface area contributed by atoms with Crippen LogP contribution in [0.15, 0.2) is 24.3 Å². The van der Waals surface area contributed by atoms with Crippen molar-refractivity contribution < 1.29 is 32.6 Å². The predicted molar refractivity (Wildman–Crippen MR) is 81.7 cm³/mol. The molecule has 0 aliphatic rings. The summed E-state index contributed by atoms with van der Waals surface area (Å²) in [6, 6.07) is 2.89. The van der Waals surface area contributed by atoms with Crippen molar-refractivity contribution in [2.75, 3.05) is 6.54 Å². The molecule has 132 valence electrons. The first-order chi connectivity index (χ1) is 10.9. The lowest BCUT2D eigenvalue weighted by Crippen LogP contribution is -2.32. The molecule has 1 rings (SSSR count). The number of amides is 1. The first kappa shape index (κ1) is 19.5. The predicted octanol–water partition coefficient (Wildman–Crippen LogP) is 3.94. The zero-order valence-electron chi connectivity index (χ0n) is 13.4. The summed E-state index contributed by atoms with van der Waals surface area (Å²) in [5, 5.41) is 11.2. The SMILES string of the molecule is CC(C)(C)OC(=O)NCC=Cc1ccc(C(=O)O)c(C(F)(F)F)c1. The lowest BCUT2D eigenvalue weighted by molar-refractivity contribution is -0.138. The number of carboxylic acid groups (broad SMARTS) is 1. The molecule has 0 bridgehead atoms. The summed E-state index contributed by atoms with van der Waals surface area (Å²) in [7, 11) is 0. The second-order valence-electron chi connectivity index (χ2n) is 5.89. The van der Waals surface area contributed by atoms with E-state index in [1.165, 1.54) is 18.2 Å². The molecule has 2 N–H and O–H groups in total. The Hall–Kier alpha value is -2.51. The number of carboxylic acids is 1. The van der Waals surface area contributed by atoms with Crippen molar-refractivity contribution in [1.29, 1.82) is 0 Å². The first-order valence-corrected chi connectivity index (χ1v) is 6.98. The Morgan fingerprint density at radius 2 is 1.88 bits per heavy atom. The van der Waals surface area contributed by atoms with E-state index >= 15 is 0 Å². The van der Waals surface area contributed by atoms with Crippen molar-refractivity contribution in [2.24, 2.45) is 0 Å². The van der Waals surface area contributed by atoms with E-state index in [-0.39, 0.29) is 12.1 Å². The molecule has 1 amide bonds. The molecule has 0 aliphatic heterocycles. The van der Waals surface area contributed by atoms with Gasteiger partial charge < -0.3 is 15.2 Å². The molecule has 1 aromatic rings. The van der Waals surface area contributed by atoms with Crippen molar-refractivity contribution >= 4 is 18.1 Å². The number of hydrogen-bond donors (Lipinski definition) is 2. The van der Waals surface area contributed by atoms with Crippen molar-refractivity contribution in [1.82, 2.24) is 5.32 Å². The summed E-state index contributed by atoms with van der Waals surface area (Å²) in [5.41, 5.74) is -2.52. The number of rotatable bonds is 4. The molecule has 0 atom stereocenters. The number of benzene rings is 1. The molecule has 0 saturated carbocycles. The quantitative estimate of drug-likeness (QED) is 0.867. The summed E-state index contributed by atoms with van der Waals surface area (Å²) in [4.78, 5) is 22.2. The van der Waals surface area contributed by atoms with Gasteiger partial charge in [-0.15, -0.1) is 0 Å². The molecule has 0 aliphatic carbocycles. The van der Waals surface area contributed by atoms with Crippen LogP contribution < -0.4 is 5.32 Å². The van der Waals surface area contributed by atoms with Gasteiger partial charge in [0.05, 0.1) is 11.1 Å². The van der Waals surface area contributed by atoms with Crippen LogP contribution in [0.5, 0.6) is 0 Å². The highest BCUT2D eigenvalue weighted by Crippen LogP contribution is 2.33. The normalized spacial score (nSPS) is 12.2. The third-order valence-electron chi connectivity index (χ3n) is 2.65. The van der Waals surface area contributed by atoms with Gasteiger partial charge in [-0.2, -0.15) is 13.2 Å². The van der Waals surface area contributed by atoms with Gasteiger partial charge in [-0.05, 0) is 38.5 Å². The van der Waals surface area contributed by atoms with Gasteiger partial charge in [0.1, 0.15) is 5.60 Å². The number of aromatic carboxylic acids is 1. The summed E-state index contributed by atoms with van der Waals surface area (Å²) in [6.07, 6.45) is -2.64. The number of alkyl carbamates (subject to hydrolysis) is 1. The number of hydrogen-bond acceptors (Lipinski definition) is 3. The topological polar surface area (TPSA) is 75.6 Å². The molecular weight excluding hydrogens is 327 g/mol. The molecule has 1 aromatic carbocycles. The summed E-state index contributed by atoms with van der Waals surface area (Å²) in [5.74, 6) is -1.65. The van der Waals surface area contributed by atoms with Crippen LogP contribution in [0.3, 0.4) is 0 Å². The minimum Gasteiger partial charge on any atom is -0.478 e. The summed E-state index contributed by atoms with van der Waals surface area (Å²) in [6.45, 7) is 5.15. The van der Waals surface area contributed by atoms with Gasteiger partial charge in [-0.25, -0.2) is 9.59 Å². The average Bonchev–Trinajstić information content (AvgIpc) is 2.40. The Bertz CT molecular complexity index is 646. The highest BCUT2D eigenvalue weighted by atomic mass is 19.4. The van der Waals surface area contributed by atoms with Crippen molar-refractivity contribution in [3.8, 4) is 0 Å². The molecule has 0 fully saturated rings. The van der Waals surface area contributed by atoms with Gasteiger partial charge in [0.25, 0.3) is 0 Å².